The lowest BCUT2D eigenvalue weighted by Gasteiger charge is -2.11. The molecule has 0 unspecified atom stereocenters. The van der Waals surface area contributed by atoms with Gasteiger partial charge in [-0.3, -0.25) is 0 Å². The second-order valence-corrected chi connectivity index (χ2v) is 6.76. The van der Waals surface area contributed by atoms with Crippen LogP contribution in [0, 0.1) is 13.8 Å². The third-order valence-corrected chi connectivity index (χ3v) is 4.56. The quantitative estimate of drug-likeness (QED) is 0.520. The third kappa shape index (κ3) is 4.17. The van der Waals surface area contributed by atoms with E-state index in [4.69, 9.17) is 24.6 Å². The molecule has 1 heterocycles. The topological polar surface area (TPSA) is 68.1 Å². The molecular weight excluding hydrogens is 361 g/mol. The molecule has 1 radical (unpaired) electrons. The number of nitrogens with zero attached hydrogens (tertiary/aromatic N) is 3. The lowest BCUT2D eigenvalue weighted by molar-refractivity contribution is 0.454. The van der Waals surface area contributed by atoms with Crippen molar-refractivity contribution in [1.29, 1.82) is 0 Å². The molecule has 3 aromatic carbocycles. The Hall–Kier alpha value is -3.51. The molecule has 0 aliphatic heterocycles. The minimum Gasteiger partial charge on any atom is -0.537 e. The normalized spacial score (nSPS) is 10.6. The molecule has 6 heteroatoms. The van der Waals surface area contributed by atoms with Crippen molar-refractivity contribution < 1.29 is 9.68 Å². The van der Waals surface area contributed by atoms with Crippen LogP contribution >= 0.6 is 0 Å². The summed E-state index contributed by atoms with van der Waals surface area (Å²) in [5.41, 5.74) is 4.81. The van der Waals surface area contributed by atoms with E-state index in [0.29, 0.717) is 36.5 Å². The average Bonchev–Trinajstić information content (AvgIpc) is 2.75. The molecule has 1 N–H and O–H groups in total. The number of hydrogen-bond donors (Lipinski definition) is 1. The Morgan fingerprint density at radius 3 is 1.66 bits per heavy atom. The first-order valence-corrected chi connectivity index (χ1v) is 9.26. The van der Waals surface area contributed by atoms with Crippen LogP contribution in [0.5, 0.6) is 5.75 Å². The Balaban J connectivity index is 1.91. The molecule has 4 rings (SSSR count). The monoisotopic (exact) mass is 380 g/mol. The minimum absolute atomic E-state index is 0.464. The van der Waals surface area contributed by atoms with Crippen LogP contribution < -0.4 is 4.65 Å². The van der Waals surface area contributed by atoms with Crippen molar-refractivity contribution in [1.82, 2.24) is 15.0 Å². The van der Waals surface area contributed by atoms with Crippen LogP contribution in [-0.2, 0) is 0 Å². The summed E-state index contributed by atoms with van der Waals surface area (Å²) < 4.78 is 5.24. The van der Waals surface area contributed by atoms with E-state index in [9.17, 15) is 0 Å². The number of para-hydroxylation sites is 1. The van der Waals surface area contributed by atoms with Gasteiger partial charge < -0.3 is 9.68 Å². The Kier molecular flexibility index (Phi) is 5.36. The minimum atomic E-state index is 0.464. The van der Waals surface area contributed by atoms with Gasteiger partial charge in [-0.15, -0.1) is 0 Å². The zero-order chi connectivity index (χ0) is 20.2. The van der Waals surface area contributed by atoms with E-state index in [-0.39, 0.29) is 0 Å². The maximum atomic E-state index is 9.11. The number of benzene rings is 3. The fourth-order valence-electron chi connectivity index (χ4n) is 2.97. The summed E-state index contributed by atoms with van der Waals surface area (Å²) in [5, 5.41) is 9.11. The lowest BCUT2D eigenvalue weighted by atomic mass is 10.1. The second-order valence-electron chi connectivity index (χ2n) is 6.76. The van der Waals surface area contributed by atoms with Crippen LogP contribution in [0.2, 0.25) is 0 Å². The summed E-state index contributed by atoms with van der Waals surface area (Å²) in [5.74, 6) is 2.09. The van der Waals surface area contributed by atoms with E-state index >= 15 is 0 Å². The Morgan fingerprint density at radius 2 is 1.14 bits per heavy atom. The predicted octanol–water partition coefficient (Wildman–Crippen LogP) is 4.39. The predicted molar refractivity (Wildman–Crippen MR) is 114 cm³/mol. The van der Waals surface area contributed by atoms with Gasteiger partial charge in [-0.1, -0.05) is 71.8 Å². The van der Waals surface area contributed by atoms with Gasteiger partial charge >= 0.3 is 7.69 Å². The highest BCUT2D eigenvalue weighted by molar-refractivity contribution is 6.17. The first kappa shape index (κ1) is 18.8. The molecule has 0 aliphatic rings. The SMILES string of the molecule is Cc1ccc(-c2nc(-c3ccc(C)cc3)nc(-c3ccccc3O[B]O)n2)cc1. The molecule has 0 saturated carbocycles. The molecule has 141 valence electrons. The van der Waals surface area contributed by atoms with E-state index in [1.165, 1.54) is 11.1 Å². The maximum Gasteiger partial charge on any atom is 0.569 e. The smallest absolute Gasteiger partial charge is 0.537 e. The van der Waals surface area contributed by atoms with Crippen molar-refractivity contribution >= 4 is 7.69 Å². The van der Waals surface area contributed by atoms with Gasteiger partial charge in [0.1, 0.15) is 5.75 Å². The van der Waals surface area contributed by atoms with Gasteiger partial charge in [0.2, 0.25) is 0 Å². The molecule has 0 bridgehead atoms. The first-order valence-electron chi connectivity index (χ1n) is 9.26. The molecular formula is C23H19BN3O2. The number of aromatic nitrogens is 3. The zero-order valence-corrected chi connectivity index (χ0v) is 16.2. The highest BCUT2D eigenvalue weighted by Gasteiger charge is 2.15. The van der Waals surface area contributed by atoms with Crippen molar-refractivity contribution in [3.8, 4) is 39.9 Å². The van der Waals surface area contributed by atoms with E-state index in [1.54, 1.807) is 6.07 Å². The van der Waals surface area contributed by atoms with Gasteiger partial charge in [0, 0.05) is 11.1 Å². The molecule has 0 atom stereocenters. The van der Waals surface area contributed by atoms with Crippen LogP contribution in [0.3, 0.4) is 0 Å². The summed E-state index contributed by atoms with van der Waals surface area (Å²) in [4.78, 5) is 14.1. The van der Waals surface area contributed by atoms with E-state index in [0.717, 1.165) is 11.1 Å². The number of aryl methyl sites for hydroxylation is 2. The lowest BCUT2D eigenvalue weighted by Crippen LogP contribution is -2.04. The number of rotatable bonds is 5. The first-order chi connectivity index (χ1) is 14.1. The van der Waals surface area contributed by atoms with Gasteiger partial charge in [-0.2, -0.15) is 0 Å². The molecule has 0 spiro atoms. The van der Waals surface area contributed by atoms with Gasteiger partial charge in [0.05, 0.1) is 5.56 Å². The highest BCUT2D eigenvalue weighted by Crippen LogP contribution is 2.30. The van der Waals surface area contributed by atoms with Gasteiger partial charge in [-0.05, 0) is 26.0 Å². The van der Waals surface area contributed by atoms with E-state index in [1.807, 2.05) is 80.6 Å². The summed E-state index contributed by atoms with van der Waals surface area (Å²) in [6.07, 6.45) is 0. The fourth-order valence-corrected chi connectivity index (χ4v) is 2.97. The van der Waals surface area contributed by atoms with E-state index in [2.05, 4.69) is 0 Å². The van der Waals surface area contributed by atoms with E-state index < -0.39 is 0 Å². The Morgan fingerprint density at radius 1 is 0.655 bits per heavy atom. The summed E-state index contributed by atoms with van der Waals surface area (Å²) in [7, 11) is 0.655. The highest BCUT2D eigenvalue weighted by atomic mass is 16.5. The molecule has 0 fully saturated rings. The summed E-state index contributed by atoms with van der Waals surface area (Å²) >= 11 is 0. The Bertz CT molecular complexity index is 1070. The average molecular weight is 380 g/mol. The maximum absolute atomic E-state index is 9.11. The van der Waals surface area contributed by atoms with Crippen molar-refractivity contribution in [3.05, 3.63) is 83.9 Å². The van der Waals surface area contributed by atoms with Crippen LogP contribution in [0.25, 0.3) is 34.2 Å². The largest absolute Gasteiger partial charge is 0.569 e. The van der Waals surface area contributed by atoms with Crippen molar-refractivity contribution in [3.63, 3.8) is 0 Å². The fraction of sp³-hybridized carbons (Fsp3) is 0.0870. The van der Waals surface area contributed by atoms with Crippen LogP contribution in [0.4, 0.5) is 0 Å². The summed E-state index contributed by atoms with van der Waals surface area (Å²) in [6.45, 7) is 4.08. The van der Waals surface area contributed by atoms with Gasteiger partial charge in [0.15, 0.2) is 17.5 Å². The molecule has 4 aromatic rings. The molecule has 0 saturated heterocycles. The molecule has 5 nitrogen and oxygen atoms in total. The Labute approximate surface area is 170 Å². The third-order valence-electron chi connectivity index (χ3n) is 4.56. The van der Waals surface area contributed by atoms with Crippen LogP contribution in [0.15, 0.2) is 72.8 Å². The molecule has 1 aromatic heterocycles. The molecule has 0 amide bonds. The number of hydrogen-bond acceptors (Lipinski definition) is 5. The standard InChI is InChI=1S/C23H19BN3O2/c1-15-7-11-17(12-8-15)21-25-22(18-13-9-16(2)10-14-18)27-23(26-21)19-5-3-4-6-20(19)29-24-28/h3-14,28H,1-2H3. The molecule has 29 heavy (non-hydrogen) atoms. The second kappa shape index (κ2) is 8.25. The summed E-state index contributed by atoms with van der Waals surface area (Å²) in [6, 6.07) is 23.4. The zero-order valence-electron chi connectivity index (χ0n) is 16.2. The van der Waals surface area contributed by atoms with Crippen LogP contribution in [-0.4, -0.2) is 27.7 Å². The molecule has 0 aliphatic carbocycles. The van der Waals surface area contributed by atoms with Crippen molar-refractivity contribution in [2.45, 2.75) is 13.8 Å². The van der Waals surface area contributed by atoms with Gasteiger partial charge in [0.25, 0.3) is 0 Å². The van der Waals surface area contributed by atoms with Crippen molar-refractivity contribution in [2.24, 2.45) is 0 Å². The van der Waals surface area contributed by atoms with Crippen LogP contribution in [0.1, 0.15) is 11.1 Å². The van der Waals surface area contributed by atoms with Crippen molar-refractivity contribution in [2.75, 3.05) is 0 Å². The van der Waals surface area contributed by atoms with Gasteiger partial charge in [-0.25, -0.2) is 15.0 Å².